The number of rotatable bonds is 5. The number of aldehydes is 1. The van der Waals surface area contributed by atoms with Gasteiger partial charge in [0.15, 0.2) is 17.8 Å². The molecular formula is C24H14Cl2F2N4O2. The largest absolute Gasteiger partial charge is 0.442 e. The molecule has 1 N–H and O–H groups in total. The lowest BCUT2D eigenvalue weighted by molar-refractivity contribution is -0.114. The Hall–Kier alpha value is -3.75. The highest BCUT2D eigenvalue weighted by molar-refractivity contribution is 6.31. The highest BCUT2D eigenvalue weighted by Crippen LogP contribution is 2.37. The molecule has 0 fully saturated rings. The Morgan fingerprint density at radius 1 is 0.971 bits per heavy atom. The van der Waals surface area contributed by atoms with Crippen molar-refractivity contribution in [3.8, 4) is 28.3 Å². The molecule has 0 saturated heterocycles. The third kappa shape index (κ3) is 3.81. The van der Waals surface area contributed by atoms with Crippen molar-refractivity contribution < 1.29 is 18.3 Å². The smallest absolute Gasteiger partial charge is 0.261 e. The maximum absolute atomic E-state index is 15.3. The van der Waals surface area contributed by atoms with Crippen LogP contribution < -0.4 is 5.43 Å². The van der Waals surface area contributed by atoms with Crippen molar-refractivity contribution >= 4 is 35.4 Å². The van der Waals surface area contributed by atoms with Crippen LogP contribution in [0.4, 0.5) is 8.78 Å². The number of hydrogen-bond donors (Lipinski definition) is 1. The van der Waals surface area contributed by atoms with Gasteiger partial charge < -0.3 is 4.74 Å². The predicted molar refractivity (Wildman–Crippen MR) is 125 cm³/mol. The first kappa shape index (κ1) is 22.1. The minimum atomic E-state index is -1.01. The highest BCUT2D eigenvalue weighted by Gasteiger charge is 2.31. The molecule has 1 unspecified atom stereocenters. The van der Waals surface area contributed by atoms with Crippen LogP contribution in [0.15, 0.2) is 71.8 Å². The summed E-state index contributed by atoms with van der Waals surface area (Å²) in [7, 11) is 0. The van der Waals surface area contributed by atoms with E-state index in [0.717, 1.165) is 0 Å². The molecule has 0 spiro atoms. The van der Waals surface area contributed by atoms with Crippen LogP contribution in [-0.2, 0) is 9.53 Å². The molecule has 1 aliphatic heterocycles. The minimum Gasteiger partial charge on any atom is -0.442 e. The van der Waals surface area contributed by atoms with Gasteiger partial charge in [-0.25, -0.2) is 13.8 Å². The molecule has 10 heteroatoms. The highest BCUT2D eigenvalue weighted by atomic mass is 35.5. The van der Waals surface area contributed by atoms with Crippen molar-refractivity contribution in [2.24, 2.45) is 5.10 Å². The van der Waals surface area contributed by atoms with Crippen molar-refractivity contribution in [3.63, 3.8) is 0 Å². The van der Waals surface area contributed by atoms with E-state index in [4.69, 9.17) is 32.9 Å². The third-order valence-corrected chi connectivity index (χ3v) is 5.71. The quantitative estimate of drug-likeness (QED) is 0.363. The van der Waals surface area contributed by atoms with Crippen molar-refractivity contribution in [2.75, 3.05) is 0 Å². The summed E-state index contributed by atoms with van der Waals surface area (Å²) in [5.41, 5.74) is 4.22. The lowest BCUT2D eigenvalue weighted by Gasteiger charge is -2.15. The van der Waals surface area contributed by atoms with E-state index in [0.29, 0.717) is 28.9 Å². The van der Waals surface area contributed by atoms with Gasteiger partial charge in [0.25, 0.3) is 5.90 Å². The second kappa shape index (κ2) is 8.89. The van der Waals surface area contributed by atoms with Crippen LogP contribution >= 0.6 is 23.2 Å². The number of imidazole rings is 1. The number of hydrogen-bond acceptors (Lipinski definition) is 5. The summed E-state index contributed by atoms with van der Waals surface area (Å²) in [6.07, 6.45) is -0.468. The fourth-order valence-corrected chi connectivity index (χ4v) is 3.97. The van der Waals surface area contributed by atoms with Gasteiger partial charge in [0.05, 0.1) is 21.4 Å². The molecule has 1 aromatic heterocycles. The van der Waals surface area contributed by atoms with E-state index in [1.165, 1.54) is 34.9 Å². The average molecular weight is 499 g/mol. The molecule has 3 aromatic carbocycles. The van der Waals surface area contributed by atoms with Crippen molar-refractivity contribution in [3.05, 3.63) is 94.1 Å². The number of carbonyl (C=O) groups is 1. The molecule has 34 heavy (non-hydrogen) atoms. The number of nitrogens with one attached hydrogen (secondary N) is 1. The molecule has 6 nitrogen and oxygen atoms in total. The van der Waals surface area contributed by atoms with Gasteiger partial charge in [-0.2, -0.15) is 0 Å². The van der Waals surface area contributed by atoms with E-state index in [2.05, 4.69) is 10.5 Å². The maximum atomic E-state index is 15.3. The van der Waals surface area contributed by atoms with Crippen molar-refractivity contribution in [2.45, 2.75) is 6.23 Å². The van der Waals surface area contributed by atoms with E-state index in [9.17, 15) is 9.18 Å². The Balaban J connectivity index is 1.88. The predicted octanol–water partition coefficient (Wildman–Crippen LogP) is 5.60. The van der Waals surface area contributed by atoms with Crippen LogP contribution in [0.25, 0.3) is 28.3 Å². The molecule has 0 saturated carbocycles. The van der Waals surface area contributed by atoms with Gasteiger partial charge in [-0.05, 0) is 30.3 Å². The lowest BCUT2D eigenvalue weighted by atomic mass is 10.1. The zero-order valence-electron chi connectivity index (χ0n) is 17.2. The van der Waals surface area contributed by atoms with Gasteiger partial charge >= 0.3 is 0 Å². The van der Waals surface area contributed by atoms with Gasteiger partial charge in [0.2, 0.25) is 6.23 Å². The van der Waals surface area contributed by atoms with Crippen LogP contribution in [0, 0.1) is 11.6 Å². The molecular weight excluding hydrogens is 485 g/mol. The van der Waals surface area contributed by atoms with E-state index in [1.807, 2.05) is 18.2 Å². The number of hydrazone groups is 1. The van der Waals surface area contributed by atoms with Crippen LogP contribution in [-0.4, -0.2) is 28.0 Å². The topological polar surface area (TPSA) is 68.5 Å². The molecule has 0 amide bonds. The van der Waals surface area contributed by atoms with Crippen molar-refractivity contribution in [1.82, 2.24) is 15.0 Å². The van der Waals surface area contributed by atoms with Gasteiger partial charge in [-0.1, -0.05) is 59.6 Å². The number of benzene rings is 3. The number of carbonyl (C=O) groups excluding carboxylic acids is 1. The summed E-state index contributed by atoms with van der Waals surface area (Å²) in [5, 5.41) is 3.85. The zero-order chi connectivity index (χ0) is 23.8. The van der Waals surface area contributed by atoms with E-state index >= 15 is 4.39 Å². The van der Waals surface area contributed by atoms with E-state index < -0.39 is 17.9 Å². The maximum Gasteiger partial charge on any atom is 0.261 e. The molecule has 0 bridgehead atoms. The molecule has 5 rings (SSSR count). The number of aromatic nitrogens is 2. The molecule has 170 valence electrons. The molecule has 4 aromatic rings. The summed E-state index contributed by atoms with van der Waals surface area (Å²) < 4.78 is 36.4. The van der Waals surface area contributed by atoms with Gasteiger partial charge in [-0.3, -0.25) is 14.8 Å². The Morgan fingerprint density at radius 3 is 2.47 bits per heavy atom. The average Bonchev–Trinajstić information content (AvgIpc) is 3.48. The summed E-state index contributed by atoms with van der Waals surface area (Å²) >= 11 is 12.2. The van der Waals surface area contributed by atoms with Crippen LogP contribution in [0.2, 0.25) is 10.0 Å². The first-order valence-electron chi connectivity index (χ1n) is 10.0. The number of ether oxygens (including phenoxy) is 1. The van der Waals surface area contributed by atoms with Crippen LogP contribution in [0.3, 0.4) is 0 Å². The van der Waals surface area contributed by atoms with Crippen molar-refractivity contribution in [1.29, 1.82) is 0 Å². The van der Waals surface area contributed by atoms with E-state index in [1.54, 1.807) is 18.2 Å². The summed E-state index contributed by atoms with van der Waals surface area (Å²) in [4.78, 5) is 15.9. The molecule has 1 aliphatic rings. The Bertz CT molecular complexity index is 1440. The number of halogens is 4. The Labute approximate surface area is 202 Å². The molecule has 0 radical (unpaired) electrons. The molecule has 0 aliphatic carbocycles. The Kier molecular flexibility index (Phi) is 5.77. The van der Waals surface area contributed by atoms with Crippen LogP contribution in [0.5, 0.6) is 0 Å². The Morgan fingerprint density at radius 2 is 1.76 bits per heavy atom. The second-order valence-electron chi connectivity index (χ2n) is 7.26. The summed E-state index contributed by atoms with van der Waals surface area (Å²) in [6.45, 7) is 0. The fourth-order valence-electron chi connectivity index (χ4n) is 3.62. The fraction of sp³-hybridized carbons (Fsp3) is 0.0417. The summed E-state index contributed by atoms with van der Waals surface area (Å²) in [5.74, 6) is -0.954. The van der Waals surface area contributed by atoms with E-state index in [-0.39, 0.29) is 27.3 Å². The van der Waals surface area contributed by atoms with Gasteiger partial charge in [0, 0.05) is 11.1 Å². The monoisotopic (exact) mass is 498 g/mol. The standard InChI is InChI=1S/C24H14Cl2F2N4O2/c25-15-7-4-8-18(20(15)28)32-22(14-9-10-17(27)16(26)11-14)21(24-31-30-19(12-33)34-24)29-23(32)13-5-2-1-3-6-13/h1-12,19,30H. The second-order valence-corrected chi connectivity index (χ2v) is 8.07. The normalized spacial score (nSPS) is 14.9. The summed E-state index contributed by atoms with van der Waals surface area (Å²) in [6, 6.07) is 17.7. The SMILES string of the molecule is O=CC1NN=C(c2nc(-c3ccccc3)n(-c3cccc(Cl)c3F)c2-c2ccc(F)c(Cl)c2)O1. The third-order valence-electron chi connectivity index (χ3n) is 5.13. The van der Waals surface area contributed by atoms with Gasteiger partial charge in [-0.15, -0.1) is 5.10 Å². The first-order chi connectivity index (χ1) is 16.5. The molecule has 1 atom stereocenters. The van der Waals surface area contributed by atoms with Crippen LogP contribution in [0.1, 0.15) is 5.69 Å². The zero-order valence-corrected chi connectivity index (χ0v) is 18.7. The van der Waals surface area contributed by atoms with Gasteiger partial charge in [0.1, 0.15) is 11.6 Å². The molecule has 2 heterocycles. The lowest BCUT2D eigenvalue weighted by Crippen LogP contribution is -2.23. The first-order valence-corrected chi connectivity index (χ1v) is 10.8. The minimum absolute atomic E-state index is 0.00548. The number of nitrogens with zero attached hydrogens (tertiary/aromatic N) is 3.